The van der Waals surface area contributed by atoms with E-state index in [0.29, 0.717) is 23.7 Å². The second-order valence-corrected chi connectivity index (χ2v) is 21.8. The molecule has 0 saturated heterocycles. The van der Waals surface area contributed by atoms with Crippen molar-refractivity contribution in [1.29, 1.82) is 0 Å². The van der Waals surface area contributed by atoms with Gasteiger partial charge in [0.1, 0.15) is 0 Å². The molecule has 0 nitrogen and oxygen atoms in total. The van der Waals surface area contributed by atoms with Gasteiger partial charge in [0, 0.05) is 0 Å². The van der Waals surface area contributed by atoms with Gasteiger partial charge in [-0.05, 0) is 0 Å². The van der Waals surface area contributed by atoms with Crippen molar-refractivity contribution in [3.63, 3.8) is 0 Å². The maximum atomic E-state index is 4.38. The third-order valence-electron chi connectivity index (χ3n) is 5.18. The van der Waals surface area contributed by atoms with E-state index in [9.17, 15) is 0 Å². The summed E-state index contributed by atoms with van der Waals surface area (Å²) in [7, 11) is 0. The Hall–Kier alpha value is -0.158. The van der Waals surface area contributed by atoms with Crippen LogP contribution >= 0.6 is 12.0 Å². The molecule has 2 heteroatoms. The Kier molecular flexibility index (Phi) is 7.97. The molecule has 2 aromatic rings. The Balaban J connectivity index is 2.80. The van der Waals surface area contributed by atoms with Gasteiger partial charge < -0.3 is 0 Å². The van der Waals surface area contributed by atoms with Gasteiger partial charge in [-0.3, -0.25) is 0 Å². The molecule has 0 saturated carbocycles. The fraction of sp³-hybridized carbons (Fsp3) is 0.500. The molecule has 26 heavy (non-hydrogen) atoms. The molecule has 0 amide bonds. The van der Waals surface area contributed by atoms with Gasteiger partial charge >= 0.3 is 176 Å². The summed E-state index contributed by atoms with van der Waals surface area (Å²) in [6.07, 6.45) is 0. The first-order valence-electron chi connectivity index (χ1n) is 9.95. The molecule has 0 N–H and O–H groups in total. The fourth-order valence-electron chi connectivity index (χ4n) is 3.73. The molecule has 141 valence electrons. The van der Waals surface area contributed by atoms with Gasteiger partial charge in [0.05, 0.1) is 0 Å². The molecule has 2 rings (SSSR count). The molecule has 0 aliphatic heterocycles. The van der Waals surface area contributed by atoms with Gasteiger partial charge in [0.15, 0.2) is 0 Å². The summed E-state index contributed by atoms with van der Waals surface area (Å²) >= 11 is 1.98. The first-order valence-corrected chi connectivity index (χ1v) is 22.3. The predicted molar refractivity (Wildman–Crippen MR) is 123 cm³/mol. The summed E-state index contributed by atoms with van der Waals surface area (Å²) < 4.78 is 3.38. The molecule has 0 bridgehead atoms. The van der Waals surface area contributed by atoms with E-state index in [1.165, 1.54) is 0 Å². The summed E-state index contributed by atoms with van der Waals surface area (Å²) in [5.74, 6) is 2.26. The number of hydrogen-bond acceptors (Lipinski definition) is 0. The zero-order valence-electron chi connectivity index (χ0n) is 17.7. The van der Waals surface area contributed by atoms with Gasteiger partial charge in [-0.1, -0.05) is 0 Å². The Labute approximate surface area is 175 Å². The van der Waals surface area contributed by atoms with E-state index in [0.717, 1.165) is 0 Å². The average molecular weight is 610 g/mol. The zero-order chi connectivity index (χ0) is 19.6. The standard InChI is InChI=1S/2C12H17.BrH.Pb/c2*1-9(2)11-6-5-7-12(8-11)10(3)4;;/h2*5-7,9-10H,1-4H3;1H;/q;;;+1/p-1. The molecular weight excluding hydrogens is 575 g/mol. The third kappa shape index (κ3) is 4.63. The summed E-state index contributed by atoms with van der Waals surface area (Å²) in [5.41, 5.74) is 6.24. The van der Waals surface area contributed by atoms with Crippen LogP contribution in [-0.2, 0) is 0 Å². The molecule has 0 unspecified atom stereocenters. The van der Waals surface area contributed by atoms with Gasteiger partial charge in [-0.25, -0.2) is 0 Å². The van der Waals surface area contributed by atoms with Crippen LogP contribution in [0, 0.1) is 0 Å². The van der Waals surface area contributed by atoms with E-state index in [1.807, 2.05) is 0 Å². The van der Waals surface area contributed by atoms with Crippen molar-refractivity contribution in [2.75, 3.05) is 0 Å². The van der Waals surface area contributed by atoms with Crippen LogP contribution in [0.5, 0.6) is 0 Å². The van der Waals surface area contributed by atoms with E-state index in [4.69, 9.17) is 0 Å². The molecule has 1 radical (unpaired) electrons. The van der Waals surface area contributed by atoms with Crippen LogP contribution in [0.2, 0.25) is 0 Å². The summed E-state index contributed by atoms with van der Waals surface area (Å²) in [6.45, 7) is 18.7. The van der Waals surface area contributed by atoms with Crippen LogP contribution in [0.25, 0.3) is 0 Å². The molecule has 0 aromatic heterocycles. The van der Waals surface area contributed by atoms with Gasteiger partial charge in [0.25, 0.3) is 0 Å². The van der Waals surface area contributed by atoms with E-state index in [-0.39, 0.29) is 0 Å². The SMILES string of the molecule is CC(C)c1cccc(C(C)C)[c]1[Pb]([Br])[c]1c(C(C)C)cccc1C(C)C. The van der Waals surface area contributed by atoms with Crippen molar-refractivity contribution in [3.05, 3.63) is 58.7 Å². The van der Waals surface area contributed by atoms with Crippen molar-refractivity contribution >= 4 is 38.5 Å². The van der Waals surface area contributed by atoms with Crippen molar-refractivity contribution < 1.29 is 0 Å². The van der Waals surface area contributed by atoms with Gasteiger partial charge in [-0.15, -0.1) is 0 Å². The average Bonchev–Trinajstić information content (AvgIpc) is 2.59. The Morgan fingerprint density at radius 3 is 0.962 bits per heavy atom. The van der Waals surface area contributed by atoms with E-state index >= 15 is 0 Å². The van der Waals surface area contributed by atoms with Gasteiger partial charge in [0.2, 0.25) is 0 Å². The Morgan fingerprint density at radius 1 is 0.538 bits per heavy atom. The first kappa shape index (κ1) is 22.1. The molecule has 0 atom stereocenters. The number of hydrogen-bond donors (Lipinski definition) is 0. The summed E-state index contributed by atoms with van der Waals surface area (Å²) in [4.78, 5) is 0. The second kappa shape index (κ2) is 9.36. The minimum atomic E-state index is -2.40. The Morgan fingerprint density at radius 2 is 0.769 bits per heavy atom. The predicted octanol–water partition coefficient (Wildman–Crippen LogP) is 6.68. The maximum absolute atomic E-state index is 4.38. The van der Waals surface area contributed by atoms with Crippen LogP contribution in [0.1, 0.15) is 101 Å². The van der Waals surface area contributed by atoms with E-state index in [2.05, 4.69) is 104 Å². The number of benzene rings is 2. The normalized spacial score (nSPS) is 12.2. The quantitative estimate of drug-likeness (QED) is 0.321. The molecule has 0 aliphatic carbocycles. The molecule has 2 aromatic carbocycles. The molecular formula is C24H34BrPb. The number of rotatable bonds is 6. The number of halogens is 1. The van der Waals surface area contributed by atoms with Crippen molar-refractivity contribution in [1.82, 2.24) is 0 Å². The Bertz CT molecular complexity index is 628. The van der Waals surface area contributed by atoms with Crippen LogP contribution < -0.4 is 6.25 Å². The molecule has 0 spiro atoms. The van der Waals surface area contributed by atoms with Crippen LogP contribution in [0.15, 0.2) is 36.4 Å². The van der Waals surface area contributed by atoms with E-state index in [1.54, 1.807) is 28.5 Å². The second-order valence-electron chi connectivity index (χ2n) is 8.56. The first-order chi connectivity index (χ1) is 12.2. The third-order valence-corrected chi connectivity index (χ3v) is 20.0. The van der Waals surface area contributed by atoms with E-state index < -0.39 is 20.3 Å². The van der Waals surface area contributed by atoms with Crippen LogP contribution in [-0.4, -0.2) is 20.3 Å². The van der Waals surface area contributed by atoms with Gasteiger partial charge in [-0.2, -0.15) is 0 Å². The fourth-order valence-corrected chi connectivity index (χ4v) is 22.5. The summed E-state index contributed by atoms with van der Waals surface area (Å²) in [6, 6.07) is 14.0. The zero-order valence-corrected chi connectivity index (χ0v) is 23.1. The minimum absolute atomic E-state index is 0.565. The topological polar surface area (TPSA) is 0 Å². The van der Waals surface area contributed by atoms with Crippen molar-refractivity contribution in [3.8, 4) is 0 Å². The van der Waals surface area contributed by atoms with Crippen LogP contribution in [0.3, 0.4) is 0 Å². The summed E-state index contributed by atoms with van der Waals surface area (Å²) in [5, 5.41) is 0. The van der Waals surface area contributed by atoms with Crippen LogP contribution in [0.4, 0.5) is 0 Å². The monoisotopic (exact) mass is 609 g/mol. The molecule has 0 aliphatic rings. The van der Waals surface area contributed by atoms with Crippen molar-refractivity contribution in [2.24, 2.45) is 0 Å². The molecule has 0 heterocycles. The molecule has 0 fully saturated rings. The van der Waals surface area contributed by atoms with Crippen molar-refractivity contribution in [2.45, 2.75) is 79.1 Å².